The van der Waals surface area contributed by atoms with Crippen LogP contribution in [0.5, 0.6) is 11.5 Å². The third kappa shape index (κ3) is 3.63. The predicted octanol–water partition coefficient (Wildman–Crippen LogP) is 3.47. The summed E-state index contributed by atoms with van der Waals surface area (Å²) < 4.78 is 11.3. The number of ether oxygens (including phenoxy) is 2. The zero-order valence-corrected chi connectivity index (χ0v) is 12.0. The van der Waals surface area contributed by atoms with Crippen molar-refractivity contribution in [2.75, 3.05) is 13.2 Å². The molecule has 1 fully saturated rings. The summed E-state index contributed by atoms with van der Waals surface area (Å²) in [6.07, 6.45) is 4.62. The molecular weight excluding hydrogens is 238 g/mol. The Labute approximate surface area is 116 Å². The highest BCUT2D eigenvalue weighted by atomic mass is 16.5. The molecule has 0 aliphatic heterocycles. The molecule has 0 saturated heterocycles. The smallest absolute Gasteiger partial charge is 0.161 e. The standard InChI is InChI=1S/C16H25NO2/c1-3-18-15-10-7-13(11-16(15)19-4-2)12-5-8-14(17)9-6-12/h7,10-12,14H,3-6,8-9,17H2,1-2H3. The third-order valence-electron chi connectivity index (χ3n) is 3.81. The van der Waals surface area contributed by atoms with Crippen LogP contribution in [0.4, 0.5) is 0 Å². The molecule has 0 atom stereocenters. The van der Waals surface area contributed by atoms with Crippen LogP contribution in [0.2, 0.25) is 0 Å². The van der Waals surface area contributed by atoms with E-state index in [2.05, 4.69) is 12.1 Å². The van der Waals surface area contributed by atoms with Crippen LogP contribution in [0, 0.1) is 0 Å². The van der Waals surface area contributed by atoms with E-state index in [0.29, 0.717) is 25.2 Å². The van der Waals surface area contributed by atoms with E-state index in [1.165, 1.54) is 18.4 Å². The van der Waals surface area contributed by atoms with Gasteiger partial charge in [-0.05, 0) is 63.1 Å². The molecule has 1 aromatic rings. The highest BCUT2D eigenvalue weighted by Gasteiger charge is 2.21. The molecule has 3 nitrogen and oxygen atoms in total. The fraction of sp³-hybridized carbons (Fsp3) is 0.625. The Morgan fingerprint density at radius 3 is 2.26 bits per heavy atom. The van der Waals surface area contributed by atoms with E-state index in [4.69, 9.17) is 15.2 Å². The third-order valence-corrected chi connectivity index (χ3v) is 3.81. The van der Waals surface area contributed by atoms with Gasteiger partial charge in [-0.2, -0.15) is 0 Å². The molecule has 0 heterocycles. The van der Waals surface area contributed by atoms with Crippen LogP contribution in [-0.2, 0) is 0 Å². The molecule has 1 aliphatic carbocycles. The summed E-state index contributed by atoms with van der Waals surface area (Å²) in [5.74, 6) is 2.34. The van der Waals surface area contributed by atoms with Crippen molar-refractivity contribution in [1.29, 1.82) is 0 Å². The molecule has 3 heteroatoms. The molecule has 0 amide bonds. The van der Waals surface area contributed by atoms with Gasteiger partial charge in [0.1, 0.15) is 0 Å². The Balaban J connectivity index is 2.15. The lowest BCUT2D eigenvalue weighted by molar-refractivity contribution is 0.287. The molecule has 2 rings (SSSR count). The summed E-state index contributed by atoms with van der Waals surface area (Å²) in [5.41, 5.74) is 7.33. The van der Waals surface area contributed by atoms with Gasteiger partial charge in [0.15, 0.2) is 11.5 Å². The van der Waals surface area contributed by atoms with Crippen LogP contribution in [-0.4, -0.2) is 19.3 Å². The lowest BCUT2D eigenvalue weighted by atomic mass is 9.82. The van der Waals surface area contributed by atoms with Crippen molar-refractivity contribution in [1.82, 2.24) is 0 Å². The van der Waals surface area contributed by atoms with E-state index in [9.17, 15) is 0 Å². The van der Waals surface area contributed by atoms with Crippen LogP contribution in [0.15, 0.2) is 18.2 Å². The van der Waals surface area contributed by atoms with E-state index < -0.39 is 0 Å². The van der Waals surface area contributed by atoms with Gasteiger partial charge in [-0.25, -0.2) is 0 Å². The molecule has 19 heavy (non-hydrogen) atoms. The van der Waals surface area contributed by atoms with Crippen molar-refractivity contribution in [3.05, 3.63) is 23.8 Å². The second-order valence-corrected chi connectivity index (χ2v) is 5.18. The molecule has 0 bridgehead atoms. The summed E-state index contributed by atoms with van der Waals surface area (Å²) in [6.45, 7) is 5.32. The number of benzene rings is 1. The topological polar surface area (TPSA) is 44.5 Å². The average Bonchev–Trinajstić information content (AvgIpc) is 2.42. The first kappa shape index (κ1) is 14.2. The normalized spacial score (nSPS) is 23.1. The molecule has 0 unspecified atom stereocenters. The maximum absolute atomic E-state index is 5.97. The highest BCUT2D eigenvalue weighted by Crippen LogP contribution is 2.37. The lowest BCUT2D eigenvalue weighted by Crippen LogP contribution is -2.25. The second kappa shape index (κ2) is 6.80. The number of hydrogen-bond donors (Lipinski definition) is 1. The fourth-order valence-corrected chi connectivity index (χ4v) is 2.77. The average molecular weight is 263 g/mol. The molecule has 2 N–H and O–H groups in total. The molecule has 0 aromatic heterocycles. The molecule has 1 aromatic carbocycles. The van der Waals surface area contributed by atoms with Gasteiger partial charge in [-0.15, -0.1) is 0 Å². The largest absolute Gasteiger partial charge is 0.490 e. The summed E-state index contributed by atoms with van der Waals surface area (Å²) in [7, 11) is 0. The van der Waals surface area contributed by atoms with Crippen molar-refractivity contribution in [2.24, 2.45) is 5.73 Å². The SMILES string of the molecule is CCOc1ccc(C2CCC(N)CC2)cc1OCC. The summed E-state index contributed by atoms with van der Waals surface area (Å²) >= 11 is 0. The first-order valence-electron chi connectivity index (χ1n) is 7.39. The minimum absolute atomic E-state index is 0.394. The van der Waals surface area contributed by atoms with Crippen molar-refractivity contribution in [3.63, 3.8) is 0 Å². The maximum Gasteiger partial charge on any atom is 0.161 e. The maximum atomic E-state index is 5.97. The van der Waals surface area contributed by atoms with Crippen molar-refractivity contribution in [3.8, 4) is 11.5 Å². The molecule has 1 aliphatic rings. The quantitative estimate of drug-likeness (QED) is 0.884. The van der Waals surface area contributed by atoms with E-state index >= 15 is 0 Å². The zero-order chi connectivity index (χ0) is 13.7. The summed E-state index contributed by atoms with van der Waals surface area (Å²) in [6, 6.07) is 6.76. The Morgan fingerprint density at radius 1 is 1.00 bits per heavy atom. The Hall–Kier alpha value is -1.22. The van der Waals surface area contributed by atoms with Gasteiger partial charge in [0.25, 0.3) is 0 Å². The minimum Gasteiger partial charge on any atom is -0.490 e. The summed E-state index contributed by atoms with van der Waals surface area (Å²) in [5, 5.41) is 0. The van der Waals surface area contributed by atoms with Gasteiger partial charge >= 0.3 is 0 Å². The Bertz CT molecular complexity index is 398. The van der Waals surface area contributed by atoms with Gasteiger partial charge in [-0.1, -0.05) is 6.07 Å². The Kier molecular flexibility index (Phi) is 5.08. The van der Waals surface area contributed by atoms with Crippen molar-refractivity contribution >= 4 is 0 Å². The van der Waals surface area contributed by atoms with Crippen LogP contribution in [0.3, 0.4) is 0 Å². The number of hydrogen-bond acceptors (Lipinski definition) is 3. The van der Waals surface area contributed by atoms with E-state index in [1.807, 2.05) is 19.9 Å². The molecule has 106 valence electrons. The van der Waals surface area contributed by atoms with Crippen LogP contribution in [0.25, 0.3) is 0 Å². The van der Waals surface area contributed by atoms with Gasteiger partial charge in [0, 0.05) is 6.04 Å². The van der Waals surface area contributed by atoms with Gasteiger partial charge in [0.2, 0.25) is 0 Å². The predicted molar refractivity (Wildman–Crippen MR) is 78.0 cm³/mol. The number of nitrogens with two attached hydrogens (primary N) is 1. The van der Waals surface area contributed by atoms with Gasteiger partial charge < -0.3 is 15.2 Å². The number of rotatable bonds is 5. The Morgan fingerprint density at radius 2 is 1.63 bits per heavy atom. The minimum atomic E-state index is 0.394. The molecule has 1 saturated carbocycles. The van der Waals surface area contributed by atoms with Crippen molar-refractivity contribution in [2.45, 2.75) is 51.5 Å². The van der Waals surface area contributed by atoms with Crippen LogP contribution < -0.4 is 15.2 Å². The highest BCUT2D eigenvalue weighted by molar-refractivity contribution is 5.44. The van der Waals surface area contributed by atoms with Gasteiger partial charge in [0.05, 0.1) is 13.2 Å². The molecule has 0 spiro atoms. The fourth-order valence-electron chi connectivity index (χ4n) is 2.77. The van der Waals surface area contributed by atoms with Crippen LogP contribution >= 0.6 is 0 Å². The van der Waals surface area contributed by atoms with Crippen LogP contribution in [0.1, 0.15) is 51.0 Å². The monoisotopic (exact) mass is 263 g/mol. The summed E-state index contributed by atoms with van der Waals surface area (Å²) in [4.78, 5) is 0. The lowest BCUT2D eigenvalue weighted by Gasteiger charge is -2.27. The van der Waals surface area contributed by atoms with E-state index in [1.54, 1.807) is 0 Å². The molecule has 0 radical (unpaired) electrons. The van der Waals surface area contributed by atoms with Crippen molar-refractivity contribution < 1.29 is 9.47 Å². The van der Waals surface area contributed by atoms with E-state index in [0.717, 1.165) is 24.3 Å². The molecular formula is C16H25NO2. The van der Waals surface area contributed by atoms with E-state index in [-0.39, 0.29) is 0 Å². The zero-order valence-electron chi connectivity index (χ0n) is 12.0. The first-order chi connectivity index (χ1) is 9.24. The first-order valence-corrected chi connectivity index (χ1v) is 7.39. The van der Waals surface area contributed by atoms with Gasteiger partial charge in [-0.3, -0.25) is 0 Å². The second-order valence-electron chi connectivity index (χ2n) is 5.18.